The molecule has 0 unspecified atom stereocenters. The molecule has 0 radical (unpaired) electrons. The van der Waals surface area contributed by atoms with Crippen LogP contribution in [0.1, 0.15) is 42.6 Å². The first-order chi connectivity index (χ1) is 9.04. The molecule has 19 heavy (non-hydrogen) atoms. The molecule has 2 rings (SSSR count). The molecule has 0 aliphatic rings. The van der Waals surface area contributed by atoms with Gasteiger partial charge in [0.05, 0.1) is 6.54 Å². The molecule has 0 bridgehead atoms. The van der Waals surface area contributed by atoms with E-state index in [1.54, 1.807) is 6.92 Å². The molecule has 0 aliphatic carbocycles. The standard InChI is InChI=1S/C14H21N3O2/c1-10(13-6-5-11(2)18-13)7-8-17(4)9-14-16-15-12(3)19-14/h5-6,10H,7-9H2,1-4H3/t10-/m0/s1. The molecule has 0 aromatic carbocycles. The molecule has 1 atom stereocenters. The van der Waals surface area contributed by atoms with Crippen LogP contribution in [-0.2, 0) is 6.54 Å². The number of hydrogen-bond acceptors (Lipinski definition) is 5. The highest BCUT2D eigenvalue weighted by molar-refractivity contribution is 5.09. The van der Waals surface area contributed by atoms with Crippen molar-refractivity contribution in [3.63, 3.8) is 0 Å². The Balaban J connectivity index is 1.78. The van der Waals surface area contributed by atoms with E-state index in [0.29, 0.717) is 24.2 Å². The second-order valence-electron chi connectivity index (χ2n) is 5.09. The van der Waals surface area contributed by atoms with Crippen molar-refractivity contribution in [1.82, 2.24) is 15.1 Å². The smallest absolute Gasteiger partial charge is 0.230 e. The van der Waals surface area contributed by atoms with E-state index < -0.39 is 0 Å². The fraction of sp³-hybridized carbons (Fsp3) is 0.571. The van der Waals surface area contributed by atoms with Gasteiger partial charge in [-0.1, -0.05) is 6.92 Å². The molecule has 0 N–H and O–H groups in total. The van der Waals surface area contributed by atoms with Crippen molar-refractivity contribution < 1.29 is 8.83 Å². The Morgan fingerprint density at radius 1 is 1.21 bits per heavy atom. The van der Waals surface area contributed by atoms with Crippen LogP contribution in [0.4, 0.5) is 0 Å². The first-order valence-electron chi connectivity index (χ1n) is 6.58. The summed E-state index contributed by atoms with van der Waals surface area (Å²) >= 11 is 0. The Kier molecular flexibility index (Phi) is 4.37. The monoisotopic (exact) mass is 263 g/mol. The Morgan fingerprint density at radius 3 is 2.58 bits per heavy atom. The first-order valence-corrected chi connectivity index (χ1v) is 6.58. The summed E-state index contributed by atoms with van der Waals surface area (Å²) in [4.78, 5) is 2.18. The van der Waals surface area contributed by atoms with Crippen molar-refractivity contribution in [2.24, 2.45) is 0 Å². The van der Waals surface area contributed by atoms with Crippen LogP contribution < -0.4 is 0 Å². The van der Waals surface area contributed by atoms with Gasteiger partial charge in [0, 0.05) is 12.8 Å². The number of hydrogen-bond donors (Lipinski definition) is 0. The van der Waals surface area contributed by atoms with Crippen LogP contribution in [0, 0.1) is 13.8 Å². The molecule has 0 saturated heterocycles. The maximum Gasteiger partial charge on any atom is 0.230 e. The third kappa shape index (κ3) is 3.92. The zero-order chi connectivity index (χ0) is 13.8. The van der Waals surface area contributed by atoms with Crippen LogP contribution in [0.3, 0.4) is 0 Å². The summed E-state index contributed by atoms with van der Waals surface area (Å²) in [5, 5.41) is 7.82. The summed E-state index contributed by atoms with van der Waals surface area (Å²) in [5.74, 6) is 3.72. The van der Waals surface area contributed by atoms with Crippen molar-refractivity contribution in [3.8, 4) is 0 Å². The highest BCUT2D eigenvalue weighted by Gasteiger charge is 2.12. The van der Waals surface area contributed by atoms with Gasteiger partial charge in [0.15, 0.2) is 0 Å². The van der Waals surface area contributed by atoms with Gasteiger partial charge in [0.2, 0.25) is 11.8 Å². The van der Waals surface area contributed by atoms with Crippen LogP contribution >= 0.6 is 0 Å². The predicted molar refractivity (Wildman–Crippen MR) is 71.8 cm³/mol. The third-order valence-electron chi connectivity index (χ3n) is 3.16. The molecule has 2 heterocycles. The normalized spacial score (nSPS) is 13.1. The Hall–Kier alpha value is -1.62. The summed E-state index contributed by atoms with van der Waals surface area (Å²) in [7, 11) is 2.06. The van der Waals surface area contributed by atoms with Gasteiger partial charge < -0.3 is 8.83 Å². The number of aromatic nitrogens is 2. The van der Waals surface area contributed by atoms with Gasteiger partial charge in [-0.3, -0.25) is 4.90 Å². The molecule has 104 valence electrons. The average Bonchev–Trinajstić information content (AvgIpc) is 2.95. The first kappa shape index (κ1) is 13.8. The Bertz CT molecular complexity index is 518. The number of rotatable bonds is 6. The molecular formula is C14H21N3O2. The van der Waals surface area contributed by atoms with Gasteiger partial charge in [0.25, 0.3) is 0 Å². The van der Waals surface area contributed by atoms with Crippen LogP contribution in [0.25, 0.3) is 0 Å². The second-order valence-corrected chi connectivity index (χ2v) is 5.09. The summed E-state index contributed by atoms with van der Waals surface area (Å²) in [6.07, 6.45) is 1.04. The summed E-state index contributed by atoms with van der Waals surface area (Å²) in [5.41, 5.74) is 0. The third-order valence-corrected chi connectivity index (χ3v) is 3.16. The second kappa shape index (κ2) is 6.02. The van der Waals surface area contributed by atoms with E-state index in [1.807, 2.05) is 13.0 Å². The zero-order valence-corrected chi connectivity index (χ0v) is 12.0. The van der Waals surface area contributed by atoms with E-state index in [9.17, 15) is 0 Å². The van der Waals surface area contributed by atoms with E-state index in [-0.39, 0.29) is 0 Å². The van der Waals surface area contributed by atoms with Crippen molar-refractivity contribution in [1.29, 1.82) is 0 Å². The minimum Gasteiger partial charge on any atom is -0.466 e. The van der Waals surface area contributed by atoms with Gasteiger partial charge in [-0.25, -0.2) is 0 Å². The quantitative estimate of drug-likeness (QED) is 0.802. The molecule has 5 nitrogen and oxygen atoms in total. The molecular weight excluding hydrogens is 242 g/mol. The van der Waals surface area contributed by atoms with E-state index in [4.69, 9.17) is 8.83 Å². The minimum atomic E-state index is 0.417. The van der Waals surface area contributed by atoms with Gasteiger partial charge >= 0.3 is 0 Å². The Morgan fingerprint density at radius 2 is 2.00 bits per heavy atom. The average molecular weight is 263 g/mol. The largest absolute Gasteiger partial charge is 0.466 e. The van der Waals surface area contributed by atoms with Crippen LogP contribution in [-0.4, -0.2) is 28.7 Å². The molecule has 0 aliphatic heterocycles. The highest BCUT2D eigenvalue weighted by Crippen LogP contribution is 2.21. The van der Waals surface area contributed by atoms with Crippen LogP contribution in [0.5, 0.6) is 0 Å². The van der Waals surface area contributed by atoms with Crippen molar-refractivity contribution in [2.45, 2.75) is 39.7 Å². The molecule has 0 saturated carbocycles. The summed E-state index contributed by atoms with van der Waals surface area (Å²) in [6, 6.07) is 4.07. The summed E-state index contributed by atoms with van der Waals surface area (Å²) < 4.78 is 11.0. The molecule has 2 aromatic rings. The highest BCUT2D eigenvalue weighted by atomic mass is 16.4. The van der Waals surface area contributed by atoms with Crippen LogP contribution in [0.2, 0.25) is 0 Å². The SMILES string of the molecule is Cc1ccc([C@@H](C)CCN(C)Cc2nnc(C)o2)o1. The van der Waals surface area contributed by atoms with E-state index in [1.165, 1.54) is 0 Å². The fourth-order valence-corrected chi connectivity index (χ4v) is 1.99. The van der Waals surface area contributed by atoms with Crippen LogP contribution in [0.15, 0.2) is 21.0 Å². The van der Waals surface area contributed by atoms with Gasteiger partial charge in [0.1, 0.15) is 11.5 Å². The van der Waals surface area contributed by atoms with E-state index in [2.05, 4.69) is 35.1 Å². The summed E-state index contributed by atoms with van der Waals surface area (Å²) in [6.45, 7) is 7.61. The molecule has 5 heteroatoms. The maximum absolute atomic E-state index is 5.64. The van der Waals surface area contributed by atoms with E-state index in [0.717, 1.165) is 24.5 Å². The molecule has 0 amide bonds. The topological polar surface area (TPSA) is 55.3 Å². The lowest BCUT2D eigenvalue weighted by atomic mass is 10.1. The number of nitrogens with zero attached hydrogens (tertiary/aromatic N) is 3. The van der Waals surface area contributed by atoms with Gasteiger partial charge in [-0.05, 0) is 39.1 Å². The van der Waals surface area contributed by atoms with Crippen molar-refractivity contribution in [3.05, 3.63) is 35.4 Å². The molecule has 0 fully saturated rings. The predicted octanol–water partition coefficient (Wildman–Crippen LogP) is 2.91. The zero-order valence-electron chi connectivity index (χ0n) is 12.0. The lowest BCUT2D eigenvalue weighted by Crippen LogP contribution is -2.20. The maximum atomic E-state index is 5.64. The molecule has 2 aromatic heterocycles. The van der Waals surface area contributed by atoms with Crippen molar-refractivity contribution >= 4 is 0 Å². The minimum absolute atomic E-state index is 0.417. The lowest BCUT2D eigenvalue weighted by Gasteiger charge is -2.16. The molecule has 0 spiro atoms. The number of furan rings is 1. The van der Waals surface area contributed by atoms with Gasteiger partial charge in [-0.15, -0.1) is 10.2 Å². The van der Waals surface area contributed by atoms with E-state index >= 15 is 0 Å². The lowest BCUT2D eigenvalue weighted by molar-refractivity contribution is 0.272. The Labute approximate surface area is 113 Å². The number of aryl methyl sites for hydroxylation is 2. The van der Waals surface area contributed by atoms with Crippen molar-refractivity contribution in [2.75, 3.05) is 13.6 Å². The van der Waals surface area contributed by atoms with Gasteiger partial charge in [-0.2, -0.15) is 0 Å². The fourth-order valence-electron chi connectivity index (χ4n) is 1.99.